The lowest BCUT2D eigenvalue weighted by molar-refractivity contribution is -0.156. The fourth-order valence-electron chi connectivity index (χ4n) is 2.82. The number of carbonyl (C=O) groups is 2. The average Bonchev–Trinajstić information content (AvgIpc) is 2.82. The molecule has 0 aliphatic carbocycles. The van der Waals surface area contributed by atoms with Gasteiger partial charge in [-0.05, 0) is 36.4 Å². The van der Waals surface area contributed by atoms with Crippen molar-refractivity contribution in [3.8, 4) is 17.2 Å². The number of para-hydroxylation sites is 2. The number of rotatable bonds is 9. The molecular weight excluding hydrogens is 398 g/mol. The Kier molecular flexibility index (Phi) is 7.48. The second-order valence-corrected chi connectivity index (χ2v) is 6.44. The lowest BCUT2D eigenvalue weighted by Gasteiger charge is -2.18. The van der Waals surface area contributed by atoms with Gasteiger partial charge in [-0.1, -0.05) is 42.5 Å². The van der Waals surface area contributed by atoms with E-state index in [1.165, 1.54) is 7.11 Å². The number of nitrogens with one attached hydrogen (secondary N) is 1. The van der Waals surface area contributed by atoms with Crippen molar-refractivity contribution in [1.29, 1.82) is 0 Å². The van der Waals surface area contributed by atoms with Crippen molar-refractivity contribution < 1.29 is 28.5 Å². The maximum atomic E-state index is 12.9. The van der Waals surface area contributed by atoms with Crippen molar-refractivity contribution in [3.63, 3.8) is 0 Å². The van der Waals surface area contributed by atoms with Crippen molar-refractivity contribution in [1.82, 2.24) is 0 Å². The van der Waals surface area contributed by atoms with E-state index >= 15 is 0 Å². The van der Waals surface area contributed by atoms with Gasteiger partial charge >= 0.3 is 5.97 Å². The summed E-state index contributed by atoms with van der Waals surface area (Å²) in [5, 5.41) is 2.76. The topological polar surface area (TPSA) is 83.1 Å². The first-order valence-electron chi connectivity index (χ1n) is 9.56. The molecular formula is C24H23NO6. The molecule has 3 rings (SSSR count). The highest BCUT2D eigenvalue weighted by atomic mass is 16.6. The molecule has 0 radical (unpaired) electrons. The Hall–Kier alpha value is -4.00. The molecule has 3 aromatic carbocycles. The first-order chi connectivity index (χ1) is 15.1. The third-order valence-corrected chi connectivity index (χ3v) is 4.36. The maximum Gasteiger partial charge on any atom is 0.345 e. The Bertz CT molecular complexity index is 1000. The van der Waals surface area contributed by atoms with Crippen LogP contribution in [0, 0.1) is 0 Å². The highest BCUT2D eigenvalue weighted by molar-refractivity contribution is 5.96. The van der Waals surface area contributed by atoms with E-state index in [1.54, 1.807) is 79.9 Å². The van der Waals surface area contributed by atoms with E-state index in [4.69, 9.17) is 18.9 Å². The SMILES string of the molecule is COc1ccc(NC(=O)C(OC(=O)COc2ccccc2OC)c2ccccc2)cc1. The van der Waals surface area contributed by atoms with Crippen molar-refractivity contribution in [2.24, 2.45) is 0 Å². The summed E-state index contributed by atoms with van der Waals surface area (Å²) in [4.78, 5) is 25.4. The van der Waals surface area contributed by atoms with Gasteiger partial charge in [0.1, 0.15) is 5.75 Å². The van der Waals surface area contributed by atoms with Crippen molar-refractivity contribution in [2.45, 2.75) is 6.10 Å². The number of hydrogen-bond donors (Lipinski definition) is 1. The summed E-state index contributed by atoms with van der Waals surface area (Å²) >= 11 is 0. The molecule has 0 aliphatic rings. The standard InChI is InChI=1S/C24H23NO6/c1-28-19-14-12-18(13-15-19)25-24(27)23(17-8-4-3-5-9-17)31-22(26)16-30-21-11-7-6-10-20(21)29-2/h3-15,23H,16H2,1-2H3,(H,25,27). The van der Waals surface area contributed by atoms with Crippen LogP contribution < -0.4 is 19.5 Å². The molecule has 1 unspecified atom stereocenters. The largest absolute Gasteiger partial charge is 0.497 e. The van der Waals surface area contributed by atoms with Gasteiger partial charge < -0.3 is 24.3 Å². The van der Waals surface area contributed by atoms with E-state index in [2.05, 4.69) is 5.32 Å². The van der Waals surface area contributed by atoms with Gasteiger partial charge in [0, 0.05) is 11.3 Å². The number of anilines is 1. The molecule has 0 saturated carbocycles. The third-order valence-electron chi connectivity index (χ3n) is 4.36. The van der Waals surface area contributed by atoms with Gasteiger partial charge in [-0.3, -0.25) is 4.79 Å². The number of esters is 1. The highest BCUT2D eigenvalue weighted by Gasteiger charge is 2.25. The molecule has 1 amide bonds. The molecule has 1 atom stereocenters. The molecule has 0 fully saturated rings. The minimum Gasteiger partial charge on any atom is -0.497 e. The first-order valence-corrected chi connectivity index (χ1v) is 9.56. The van der Waals surface area contributed by atoms with E-state index in [-0.39, 0.29) is 6.61 Å². The van der Waals surface area contributed by atoms with Gasteiger partial charge in [0.2, 0.25) is 6.10 Å². The smallest absolute Gasteiger partial charge is 0.345 e. The number of ether oxygens (including phenoxy) is 4. The zero-order valence-corrected chi connectivity index (χ0v) is 17.2. The summed E-state index contributed by atoms with van der Waals surface area (Å²) in [6.45, 7) is -0.375. The minimum atomic E-state index is -1.14. The Labute approximate surface area is 180 Å². The van der Waals surface area contributed by atoms with Crippen LogP contribution in [0.25, 0.3) is 0 Å². The van der Waals surface area contributed by atoms with Gasteiger partial charge in [-0.25, -0.2) is 4.79 Å². The van der Waals surface area contributed by atoms with E-state index < -0.39 is 18.0 Å². The van der Waals surface area contributed by atoms with Crippen LogP contribution in [-0.4, -0.2) is 32.7 Å². The van der Waals surface area contributed by atoms with Crippen LogP contribution in [0.3, 0.4) is 0 Å². The number of hydrogen-bond acceptors (Lipinski definition) is 6. The highest BCUT2D eigenvalue weighted by Crippen LogP contribution is 2.26. The molecule has 0 spiro atoms. The molecule has 31 heavy (non-hydrogen) atoms. The zero-order chi connectivity index (χ0) is 22.1. The maximum absolute atomic E-state index is 12.9. The second kappa shape index (κ2) is 10.7. The monoisotopic (exact) mass is 421 g/mol. The Balaban J connectivity index is 1.69. The van der Waals surface area contributed by atoms with Crippen LogP contribution in [0.5, 0.6) is 17.2 Å². The summed E-state index contributed by atoms with van der Waals surface area (Å²) < 4.78 is 21.3. The molecule has 0 aromatic heterocycles. The lowest BCUT2D eigenvalue weighted by Crippen LogP contribution is -2.28. The summed E-state index contributed by atoms with van der Waals surface area (Å²) in [5.41, 5.74) is 1.09. The summed E-state index contributed by atoms with van der Waals surface area (Å²) in [7, 11) is 3.07. The second-order valence-electron chi connectivity index (χ2n) is 6.44. The van der Waals surface area contributed by atoms with Crippen molar-refractivity contribution in [3.05, 3.63) is 84.4 Å². The van der Waals surface area contributed by atoms with Crippen LogP contribution in [0.1, 0.15) is 11.7 Å². The molecule has 7 nitrogen and oxygen atoms in total. The van der Waals surface area contributed by atoms with E-state index in [0.717, 1.165) is 0 Å². The van der Waals surface area contributed by atoms with Gasteiger partial charge in [0.25, 0.3) is 5.91 Å². The fourth-order valence-corrected chi connectivity index (χ4v) is 2.82. The first kappa shape index (κ1) is 21.7. The van der Waals surface area contributed by atoms with Gasteiger partial charge in [0.05, 0.1) is 14.2 Å². The zero-order valence-electron chi connectivity index (χ0n) is 17.2. The summed E-state index contributed by atoms with van der Waals surface area (Å²) in [6.07, 6.45) is -1.14. The fraction of sp³-hybridized carbons (Fsp3) is 0.167. The Morgan fingerprint density at radius 2 is 1.45 bits per heavy atom. The van der Waals surface area contributed by atoms with Crippen LogP contribution in [-0.2, 0) is 14.3 Å². The van der Waals surface area contributed by atoms with E-state index in [0.29, 0.717) is 28.5 Å². The molecule has 0 bridgehead atoms. The average molecular weight is 421 g/mol. The van der Waals surface area contributed by atoms with E-state index in [1.807, 2.05) is 6.07 Å². The third kappa shape index (κ3) is 5.99. The van der Waals surface area contributed by atoms with Crippen molar-refractivity contribution in [2.75, 3.05) is 26.1 Å². The summed E-state index contributed by atoms with van der Waals surface area (Å²) in [6, 6.07) is 22.6. The molecule has 1 N–H and O–H groups in total. The Morgan fingerprint density at radius 1 is 0.806 bits per heavy atom. The van der Waals surface area contributed by atoms with Gasteiger partial charge in [-0.2, -0.15) is 0 Å². The minimum absolute atomic E-state index is 0.375. The molecule has 7 heteroatoms. The van der Waals surface area contributed by atoms with Gasteiger partial charge in [-0.15, -0.1) is 0 Å². The van der Waals surface area contributed by atoms with Crippen LogP contribution in [0.2, 0.25) is 0 Å². The molecule has 0 heterocycles. The van der Waals surface area contributed by atoms with E-state index in [9.17, 15) is 9.59 Å². The van der Waals surface area contributed by atoms with Gasteiger partial charge in [0.15, 0.2) is 18.1 Å². The number of benzene rings is 3. The molecule has 0 aliphatic heterocycles. The number of amides is 1. The quantitative estimate of drug-likeness (QED) is 0.526. The van der Waals surface area contributed by atoms with Crippen LogP contribution in [0.4, 0.5) is 5.69 Å². The van der Waals surface area contributed by atoms with Crippen molar-refractivity contribution >= 4 is 17.6 Å². The predicted molar refractivity (Wildman–Crippen MR) is 115 cm³/mol. The molecule has 3 aromatic rings. The normalized spacial score (nSPS) is 11.2. The predicted octanol–water partition coefficient (Wildman–Crippen LogP) is 4.01. The molecule has 0 saturated heterocycles. The van der Waals surface area contributed by atoms with Crippen LogP contribution >= 0.6 is 0 Å². The molecule has 160 valence electrons. The Morgan fingerprint density at radius 3 is 2.10 bits per heavy atom. The number of carbonyl (C=O) groups excluding carboxylic acids is 2. The number of methoxy groups -OCH3 is 2. The summed E-state index contributed by atoms with van der Waals surface area (Å²) in [5.74, 6) is 0.386. The van der Waals surface area contributed by atoms with Crippen LogP contribution in [0.15, 0.2) is 78.9 Å². The lowest BCUT2D eigenvalue weighted by atomic mass is 10.1.